The van der Waals surface area contributed by atoms with Gasteiger partial charge in [-0.05, 0) is 24.0 Å². The Morgan fingerprint density at radius 2 is 2.00 bits per heavy atom. The molecule has 0 aromatic heterocycles. The average Bonchev–Trinajstić information content (AvgIpc) is 3.10. The molecule has 2 rings (SSSR count). The molecule has 0 heterocycles. The molecule has 0 unspecified atom stereocenters. The largest absolute Gasteiger partial charge is 0.352 e. The minimum absolute atomic E-state index is 0.0375. The number of carbonyl (C=O) groups excluding carboxylic acids is 2. The summed E-state index contributed by atoms with van der Waals surface area (Å²) in [4.78, 5) is 22.5. The van der Waals surface area contributed by atoms with Crippen molar-refractivity contribution in [2.24, 2.45) is 5.92 Å². The van der Waals surface area contributed by atoms with E-state index in [1.54, 1.807) is 0 Å². The summed E-state index contributed by atoms with van der Waals surface area (Å²) in [6, 6.07) is 7.86. The van der Waals surface area contributed by atoms with Gasteiger partial charge < -0.3 is 5.32 Å². The van der Waals surface area contributed by atoms with Crippen molar-refractivity contribution in [1.82, 2.24) is 5.32 Å². The zero-order chi connectivity index (χ0) is 12.3. The Labute approximate surface area is 101 Å². The maximum Gasteiger partial charge on any atom is 0.217 e. The molecule has 3 heteroatoms. The zero-order valence-corrected chi connectivity index (χ0v) is 10.0. The predicted molar refractivity (Wildman–Crippen MR) is 65.4 cm³/mol. The van der Waals surface area contributed by atoms with Gasteiger partial charge in [0.25, 0.3) is 0 Å². The van der Waals surface area contributed by atoms with Crippen LogP contribution in [0.2, 0.25) is 0 Å². The summed E-state index contributed by atoms with van der Waals surface area (Å²) >= 11 is 0. The highest BCUT2D eigenvalue weighted by Crippen LogP contribution is 2.30. The van der Waals surface area contributed by atoms with Crippen molar-refractivity contribution in [2.45, 2.75) is 32.7 Å². The van der Waals surface area contributed by atoms with Gasteiger partial charge in [-0.2, -0.15) is 0 Å². The number of nitrogens with one attached hydrogen (secondary N) is 1. The fourth-order valence-electron chi connectivity index (χ4n) is 1.83. The maximum atomic E-state index is 11.7. The van der Waals surface area contributed by atoms with Crippen molar-refractivity contribution in [2.75, 3.05) is 0 Å². The normalized spacial score (nSPS) is 14.4. The van der Waals surface area contributed by atoms with Crippen LogP contribution in [-0.4, -0.2) is 11.7 Å². The third-order valence-corrected chi connectivity index (χ3v) is 2.94. The third kappa shape index (κ3) is 3.70. The van der Waals surface area contributed by atoms with Crippen LogP contribution in [0.25, 0.3) is 0 Å². The molecule has 0 bridgehead atoms. The van der Waals surface area contributed by atoms with Gasteiger partial charge in [0.1, 0.15) is 5.78 Å². The number of hydrogen-bond donors (Lipinski definition) is 1. The number of benzene rings is 1. The molecule has 0 radical (unpaired) electrons. The van der Waals surface area contributed by atoms with Gasteiger partial charge in [0.2, 0.25) is 5.91 Å². The summed E-state index contributed by atoms with van der Waals surface area (Å²) in [7, 11) is 0. The summed E-state index contributed by atoms with van der Waals surface area (Å²) in [5, 5.41) is 2.75. The minimum Gasteiger partial charge on any atom is -0.352 e. The van der Waals surface area contributed by atoms with Gasteiger partial charge in [0.05, 0.1) is 0 Å². The van der Waals surface area contributed by atoms with E-state index in [9.17, 15) is 9.59 Å². The number of Topliss-reactive ketones (excluding diaryl/α,β-unsaturated/α-hetero) is 1. The highest BCUT2D eigenvalue weighted by atomic mass is 16.1. The molecule has 0 saturated heterocycles. The fourth-order valence-corrected chi connectivity index (χ4v) is 1.83. The Balaban J connectivity index is 1.95. The van der Waals surface area contributed by atoms with Crippen LogP contribution in [0.5, 0.6) is 0 Å². The summed E-state index contributed by atoms with van der Waals surface area (Å²) in [6.07, 6.45) is 2.65. The first-order chi connectivity index (χ1) is 8.15. The Kier molecular flexibility index (Phi) is 3.57. The van der Waals surface area contributed by atoms with Crippen LogP contribution < -0.4 is 5.32 Å². The number of hydrogen-bond acceptors (Lipinski definition) is 2. The van der Waals surface area contributed by atoms with E-state index in [0.717, 1.165) is 24.0 Å². The van der Waals surface area contributed by atoms with E-state index in [1.165, 1.54) is 6.92 Å². The number of carbonyl (C=O) groups is 2. The highest BCUT2D eigenvalue weighted by molar-refractivity contribution is 5.85. The molecular formula is C14H17NO2. The van der Waals surface area contributed by atoms with E-state index in [-0.39, 0.29) is 5.91 Å². The molecule has 1 N–H and O–H groups in total. The molecule has 1 aliphatic rings. The lowest BCUT2D eigenvalue weighted by Crippen LogP contribution is -2.19. The van der Waals surface area contributed by atoms with Crippen molar-refractivity contribution in [3.05, 3.63) is 35.4 Å². The van der Waals surface area contributed by atoms with Gasteiger partial charge in [-0.25, -0.2) is 0 Å². The zero-order valence-electron chi connectivity index (χ0n) is 10.0. The quantitative estimate of drug-likeness (QED) is 0.840. The van der Waals surface area contributed by atoms with Gasteiger partial charge >= 0.3 is 0 Å². The minimum atomic E-state index is -0.0375. The molecule has 0 atom stereocenters. The molecule has 90 valence electrons. The second-order valence-electron chi connectivity index (χ2n) is 4.65. The van der Waals surface area contributed by atoms with Crippen LogP contribution in [-0.2, 0) is 22.6 Å². The highest BCUT2D eigenvalue weighted by Gasteiger charge is 2.28. The smallest absolute Gasteiger partial charge is 0.217 e. The number of ketones is 1. The molecule has 0 aliphatic heterocycles. The Bertz CT molecular complexity index is 436. The number of rotatable bonds is 5. The van der Waals surface area contributed by atoms with Crippen LogP contribution in [0, 0.1) is 5.92 Å². The molecular weight excluding hydrogens is 214 g/mol. The van der Waals surface area contributed by atoms with Crippen molar-refractivity contribution < 1.29 is 9.59 Å². The summed E-state index contributed by atoms with van der Waals surface area (Å²) in [6.45, 7) is 2.03. The van der Waals surface area contributed by atoms with Crippen LogP contribution in [0.15, 0.2) is 24.3 Å². The second-order valence-corrected chi connectivity index (χ2v) is 4.65. The monoisotopic (exact) mass is 231 g/mol. The predicted octanol–water partition coefficient (Wildman–Crippen LogP) is 1.84. The molecule has 1 aromatic rings. The maximum absolute atomic E-state index is 11.7. The standard InChI is InChI=1S/C14H17NO2/c1-10(16)15-9-12-4-2-3-11(7-12)8-14(17)13-5-6-13/h2-4,7,13H,5-6,8-9H2,1H3,(H,15,16). The molecule has 1 fully saturated rings. The molecule has 1 amide bonds. The van der Waals surface area contributed by atoms with Crippen LogP contribution in [0.1, 0.15) is 30.9 Å². The van der Waals surface area contributed by atoms with Crippen molar-refractivity contribution >= 4 is 11.7 Å². The van der Waals surface area contributed by atoms with Gasteiger partial charge in [-0.1, -0.05) is 24.3 Å². The van der Waals surface area contributed by atoms with E-state index in [0.29, 0.717) is 24.7 Å². The van der Waals surface area contributed by atoms with Gasteiger partial charge in [0.15, 0.2) is 0 Å². The van der Waals surface area contributed by atoms with Crippen molar-refractivity contribution in [3.63, 3.8) is 0 Å². The third-order valence-electron chi connectivity index (χ3n) is 2.94. The van der Waals surface area contributed by atoms with Crippen LogP contribution in [0.4, 0.5) is 0 Å². The van der Waals surface area contributed by atoms with Crippen molar-refractivity contribution in [3.8, 4) is 0 Å². The van der Waals surface area contributed by atoms with E-state index in [2.05, 4.69) is 5.32 Å². The first-order valence-electron chi connectivity index (χ1n) is 6.00. The second kappa shape index (κ2) is 5.13. The van der Waals surface area contributed by atoms with Gasteiger partial charge in [-0.15, -0.1) is 0 Å². The Morgan fingerprint density at radius 1 is 1.29 bits per heavy atom. The lowest BCUT2D eigenvalue weighted by Gasteiger charge is -2.05. The molecule has 3 nitrogen and oxygen atoms in total. The Morgan fingerprint density at radius 3 is 2.65 bits per heavy atom. The average molecular weight is 231 g/mol. The van der Waals surface area contributed by atoms with E-state index in [4.69, 9.17) is 0 Å². The molecule has 0 spiro atoms. The first kappa shape index (κ1) is 11.8. The first-order valence-corrected chi connectivity index (χ1v) is 6.00. The van der Waals surface area contributed by atoms with E-state index in [1.807, 2.05) is 24.3 Å². The summed E-state index contributed by atoms with van der Waals surface area (Å²) in [5.74, 6) is 0.625. The van der Waals surface area contributed by atoms with Crippen LogP contribution in [0.3, 0.4) is 0 Å². The molecule has 1 saturated carbocycles. The molecule has 1 aliphatic carbocycles. The Hall–Kier alpha value is -1.64. The SMILES string of the molecule is CC(=O)NCc1cccc(CC(=O)C2CC2)c1. The van der Waals surface area contributed by atoms with E-state index >= 15 is 0 Å². The van der Waals surface area contributed by atoms with E-state index < -0.39 is 0 Å². The van der Waals surface area contributed by atoms with Gasteiger partial charge in [0, 0.05) is 25.8 Å². The molecule has 1 aromatic carbocycles. The van der Waals surface area contributed by atoms with Crippen molar-refractivity contribution in [1.29, 1.82) is 0 Å². The lowest BCUT2D eigenvalue weighted by atomic mass is 10.0. The van der Waals surface area contributed by atoms with Gasteiger partial charge in [-0.3, -0.25) is 9.59 Å². The fraction of sp³-hybridized carbons (Fsp3) is 0.429. The number of amides is 1. The summed E-state index contributed by atoms with van der Waals surface area (Å²) < 4.78 is 0. The van der Waals surface area contributed by atoms with Crippen LogP contribution >= 0.6 is 0 Å². The lowest BCUT2D eigenvalue weighted by molar-refractivity contribution is -0.120. The topological polar surface area (TPSA) is 46.2 Å². The summed E-state index contributed by atoms with van der Waals surface area (Å²) in [5.41, 5.74) is 2.09. The molecule has 17 heavy (non-hydrogen) atoms.